The molecule has 1 aromatic carbocycles. The number of benzene rings is 1. The number of nitrogens with zero attached hydrogens (tertiary/aromatic N) is 2. The summed E-state index contributed by atoms with van der Waals surface area (Å²) in [7, 11) is 0. The lowest BCUT2D eigenvalue weighted by molar-refractivity contribution is 0.0675. The van der Waals surface area contributed by atoms with Crippen LogP contribution in [0.5, 0.6) is 0 Å². The summed E-state index contributed by atoms with van der Waals surface area (Å²) < 4.78 is 0. The van der Waals surface area contributed by atoms with Crippen molar-refractivity contribution in [3.63, 3.8) is 0 Å². The highest BCUT2D eigenvalue weighted by molar-refractivity contribution is 6.31. The van der Waals surface area contributed by atoms with Gasteiger partial charge in [0.15, 0.2) is 0 Å². The van der Waals surface area contributed by atoms with Crippen LogP contribution in [0.3, 0.4) is 0 Å². The highest BCUT2D eigenvalue weighted by atomic mass is 35.5. The second-order valence-corrected chi connectivity index (χ2v) is 6.46. The van der Waals surface area contributed by atoms with E-state index < -0.39 is 0 Å². The molecule has 1 atom stereocenters. The first-order valence-electron chi connectivity index (χ1n) is 7.66. The fourth-order valence-corrected chi connectivity index (χ4v) is 3.17. The highest BCUT2D eigenvalue weighted by Gasteiger charge is 2.26. The number of piperidine rings is 1. The van der Waals surface area contributed by atoms with Crippen LogP contribution in [-0.4, -0.2) is 34.9 Å². The molecule has 0 bridgehead atoms. The van der Waals surface area contributed by atoms with Crippen LogP contribution < -0.4 is 5.73 Å². The number of carbonyl (C=O) groups excluding carboxylic acids is 1. The Hall–Kier alpha value is -1.65. The first kappa shape index (κ1) is 15.3. The van der Waals surface area contributed by atoms with Crippen molar-refractivity contribution in [3.05, 3.63) is 41.0 Å². The van der Waals surface area contributed by atoms with Crippen molar-refractivity contribution in [2.24, 2.45) is 11.7 Å². The first-order chi connectivity index (χ1) is 10.5. The molecule has 0 saturated carbocycles. The molecule has 4 nitrogen and oxygen atoms in total. The van der Waals surface area contributed by atoms with E-state index in [4.69, 9.17) is 17.3 Å². The van der Waals surface area contributed by atoms with Gasteiger partial charge in [-0.2, -0.15) is 0 Å². The molecular weight excluding hydrogens is 298 g/mol. The molecule has 22 heavy (non-hydrogen) atoms. The van der Waals surface area contributed by atoms with Crippen LogP contribution >= 0.6 is 11.6 Å². The SMILES string of the molecule is CC(N)C1CCN(C(=O)c2ccc3ccc(Cl)cc3n2)CC1. The molecular formula is C17H20ClN3O. The molecule has 0 spiro atoms. The van der Waals surface area contributed by atoms with Gasteiger partial charge in [0, 0.05) is 29.5 Å². The Morgan fingerprint density at radius 3 is 2.68 bits per heavy atom. The molecule has 2 heterocycles. The van der Waals surface area contributed by atoms with Crippen LogP contribution in [-0.2, 0) is 0 Å². The number of pyridine rings is 1. The molecule has 116 valence electrons. The van der Waals surface area contributed by atoms with E-state index >= 15 is 0 Å². The zero-order valence-electron chi connectivity index (χ0n) is 12.6. The van der Waals surface area contributed by atoms with E-state index in [2.05, 4.69) is 4.98 Å². The zero-order valence-corrected chi connectivity index (χ0v) is 13.4. The summed E-state index contributed by atoms with van der Waals surface area (Å²) >= 11 is 6.00. The minimum atomic E-state index is -0.00926. The quantitative estimate of drug-likeness (QED) is 0.926. The molecule has 1 fully saturated rings. The number of fused-ring (bicyclic) bond motifs is 1. The van der Waals surface area contributed by atoms with Crippen molar-refractivity contribution in [2.75, 3.05) is 13.1 Å². The number of hydrogen-bond donors (Lipinski definition) is 1. The van der Waals surface area contributed by atoms with Crippen molar-refractivity contribution >= 4 is 28.4 Å². The number of hydrogen-bond acceptors (Lipinski definition) is 3. The van der Waals surface area contributed by atoms with E-state index in [9.17, 15) is 4.79 Å². The molecule has 1 saturated heterocycles. The average Bonchev–Trinajstić information content (AvgIpc) is 2.53. The summed E-state index contributed by atoms with van der Waals surface area (Å²) in [5.74, 6) is 0.498. The Bertz CT molecular complexity index is 693. The second kappa shape index (κ2) is 6.23. The maximum Gasteiger partial charge on any atom is 0.272 e. The van der Waals surface area contributed by atoms with Gasteiger partial charge in [0.25, 0.3) is 5.91 Å². The van der Waals surface area contributed by atoms with Gasteiger partial charge < -0.3 is 10.6 Å². The molecule has 2 aromatic rings. The number of likely N-dealkylation sites (tertiary alicyclic amines) is 1. The molecule has 0 radical (unpaired) electrons. The van der Waals surface area contributed by atoms with Gasteiger partial charge >= 0.3 is 0 Å². The number of halogens is 1. The minimum absolute atomic E-state index is 0.00926. The van der Waals surface area contributed by atoms with Crippen molar-refractivity contribution in [1.29, 1.82) is 0 Å². The van der Waals surface area contributed by atoms with E-state index in [-0.39, 0.29) is 11.9 Å². The standard InChI is InChI=1S/C17H20ClN3O/c1-11(19)12-6-8-21(9-7-12)17(22)15-5-3-13-2-4-14(18)10-16(13)20-15/h2-5,10-12H,6-9,19H2,1H3. The summed E-state index contributed by atoms with van der Waals surface area (Å²) in [6.07, 6.45) is 1.92. The van der Waals surface area contributed by atoms with Crippen LogP contribution in [0.2, 0.25) is 5.02 Å². The average molecular weight is 318 g/mol. The second-order valence-electron chi connectivity index (χ2n) is 6.02. The van der Waals surface area contributed by atoms with E-state index in [1.54, 1.807) is 12.1 Å². The van der Waals surface area contributed by atoms with Crippen molar-refractivity contribution in [1.82, 2.24) is 9.88 Å². The lowest BCUT2D eigenvalue weighted by Crippen LogP contribution is -2.42. The molecule has 5 heteroatoms. The number of amides is 1. The fraction of sp³-hybridized carbons (Fsp3) is 0.412. The Kier molecular flexibility index (Phi) is 4.32. The molecule has 3 rings (SSSR count). The number of nitrogens with two attached hydrogens (primary N) is 1. The van der Waals surface area contributed by atoms with Gasteiger partial charge in [-0.25, -0.2) is 4.98 Å². The summed E-state index contributed by atoms with van der Waals surface area (Å²) in [4.78, 5) is 18.9. The predicted molar refractivity (Wildman–Crippen MR) is 89.0 cm³/mol. The number of carbonyl (C=O) groups is 1. The van der Waals surface area contributed by atoms with E-state index in [0.29, 0.717) is 16.6 Å². The largest absolute Gasteiger partial charge is 0.337 e. The Balaban J connectivity index is 1.78. The number of aromatic nitrogens is 1. The molecule has 1 amide bonds. The Morgan fingerprint density at radius 2 is 2.00 bits per heavy atom. The van der Waals surface area contributed by atoms with Gasteiger partial charge in [0.2, 0.25) is 0 Å². The smallest absolute Gasteiger partial charge is 0.272 e. The van der Waals surface area contributed by atoms with Crippen LogP contribution in [0.4, 0.5) is 0 Å². The third kappa shape index (κ3) is 3.08. The summed E-state index contributed by atoms with van der Waals surface area (Å²) in [6.45, 7) is 3.54. The summed E-state index contributed by atoms with van der Waals surface area (Å²) in [5, 5.41) is 1.61. The van der Waals surface area contributed by atoms with Crippen LogP contribution in [0.25, 0.3) is 10.9 Å². The van der Waals surface area contributed by atoms with Gasteiger partial charge in [0.1, 0.15) is 5.69 Å². The van der Waals surface area contributed by atoms with E-state index in [1.165, 1.54) is 0 Å². The van der Waals surface area contributed by atoms with Crippen LogP contribution in [0.15, 0.2) is 30.3 Å². The van der Waals surface area contributed by atoms with E-state index in [1.807, 2.05) is 30.0 Å². The highest BCUT2D eigenvalue weighted by Crippen LogP contribution is 2.22. The van der Waals surface area contributed by atoms with Gasteiger partial charge in [0.05, 0.1) is 5.52 Å². The van der Waals surface area contributed by atoms with Gasteiger partial charge in [-0.05, 0) is 43.9 Å². The number of rotatable bonds is 2. The normalized spacial score (nSPS) is 17.7. The van der Waals surface area contributed by atoms with Crippen molar-refractivity contribution in [3.8, 4) is 0 Å². The van der Waals surface area contributed by atoms with Gasteiger partial charge in [-0.1, -0.05) is 23.7 Å². The Morgan fingerprint density at radius 1 is 1.32 bits per heavy atom. The zero-order chi connectivity index (χ0) is 15.7. The molecule has 0 aliphatic carbocycles. The topological polar surface area (TPSA) is 59.2 Å². The van der Waals surface area contributed by atoms with Crippen molar-refractivity contribution in [2.45, 2.75) is 25.8 Å². The predicted octanol–water partition coefficient (Wildman–Crippen LogP) is 3.09. The Labute approximate surface area is 135 Å². The van der Waals surface area contributed by atoms with E-state index in [0.717, 1.165) is 36.8 Å². The molecule has 1 aliphatic rings. The third-order valence-electron chi connectivity index (χ3n) is 4.44. The maximum absolute atomic E-state index is 12.6. The van der Waals surface area contributed by atoms with Gasteiger partial charge in [-0.3, -0.25) is 4.79 Å². The fourth-order valence-electron chi connectivity index (χ4n) is 3.00. The molecule has 1 aromatic heterocycles. The van der Waals surface area contributed by atoms with Crippen LogP contribution in [0, 0.1) is 5.92 Å². The third-order valence-corrected chi connectivity index (χ3v) is 4.68. The monoisotopic (exact) mass is 317 g/mol. The van der Waals surface area contributed by atoms with Gasteiger partial charge in [-0.15, -0.1) is 0 Å². The summed E-state index contributed by atoms with van der Waals surface area (Å²) in [5.41, 5.74) is 7.18. The summed E-state index contributed by atoms with van der Waals surface area (Å²) in [6, 6.07) is 9.42. The lowest BCUT2D eigenvalue weighted by atomic mass is 9.91. The molecule has 2 N–H and O–H groups in total. The lowest BCUT2D eigenvalue weighted by Gasteiger charge is -2.33. The maximum atomic E-state index is 12.6. The van der Waals surface area contributed by atoms with Crippen molar-refractivity contribution < 1.29 is 4.79 Å². The molecule has 1 unspecified atom stereocenters. The minimum Gasteiger partial charge on any atom is -0.337 e. The molecule has 1 aliphatic heterocycles. The van der Waals surface area contributed by atoms with Crippen LogP contribution in [0.1, 0.15) is 30.3 Å². The first-order valence-corrected chi connectivity index (χ1v) is 8.03.